The highest BCUT2D eigenvalue weighted by molar-refractivity contribution is 5.97. The van der Waals surface area contributed by atoms with Gasteiger partial charge < -0.3 is 15.5 Å². The molecule has 1 aliphatic heterocycles. The van der Waals surface area contributed by atoms with Gasteiger partial charge in [0.2, 0.25) is 5.91 Å². The molecule has 0 saturated carbocycles. The molecule has 3 rings (SSSR count). The normalized spacial score (nSPS) is 13.7. The number of nitrogens with one attached hydrogen (secondary N) is 2. The largest absolute Gasteiger partial charge is 0.380 e. The van der Waals surface area contributed by atoms with E-state index in [-0.39, 0.29) is 18.4 Å². The summed E-state index contributed by atoms with van der Waals surface area (Å²) in [4.78, 5) is 29.8. The minimum atomic E-state index is -0.142. The molecule has 7 heteroatoms. The number of aromatic nitrogens is 1. The highest BCUT2D eigenvalue weighted by Crippen LogP contribution is 2.20. The zero-order valence-corrected chi connectivity index (χ0v) is 15.4. The van der Waals surface area contributed by atoms with E-state index in [1.54, 1.807) is 17.0 Å². The molecule has 138 valence electrons. The molecule has 27 heavy (non-hydrogen) atoms. The number of carbonyl (C=O) groups is 2. The maximum atomic E-state index is 12.5. The van der Waals surface area contributed by atoms with Crippen LogP contribution in [0.2, 0.25) is 0 Å². The van der Waals surface area contributed by atoms with Crippen LogP contribution < -0.4 is 10.6 Å². The fourth-order valence-corrected chi connectivity index (χ4v) is 3.07. The van der Waals surface area contributed by atoms with Crippen LogP contribution in [0.1, 0.15) is 32.9 Å². The molecule has 2 amide bonds. The molecule has 1 aliphatic rings. The van der Waals surface area contributed by atoms with Crippen LogP contribution in [0.5, 0.6) is 0 Å². The maximum absolute atomic E-state index is 12.5. The average Bonchev–Trinajstić information content (AvgIpc) is 2.66. The standard InChI is InChI=1S/C20H21N5O2/c1-13-9-18(17(10-21)14(2)24-13)23-11-15-3-5-16(6-4-15)20(27)25-8-7-22-19(26)12-25/h3-6,9H,7-8,11-12H2,1-2H3,(H,22,26)(H,23,24). The molecule has 1 fully saturated rings. The summed E-state index contributed by atoms with van der Waals surface area (Å²) < 4.78 is 0. The van der Waals surface area contributed by atoms with Gasteiger partial charge in [-0.15, -0.1) is 0 Å². The summed E-state index contributed by atoms with van der Waals surface area (Å²) in [6, 6.07) is 11.3. The molecule has 1 aromatic heterocycles. The van der Waals surface area contributed by atoms with E-state index in [4.69, 9.17) is 0 Å². The van der Waals surface area contributed by atoms with Crippen molar-refractivity contribution in [3.05, 3.63) is 58.4 Å². The molecule has 2 heterocycles. The Balaban J connectivity index is 1.67. The lowest BCUT2D eigenvalue weighted by atomic mass is 10.1. The zero-order valence-electron chi connectivity index (χ0n) is 15.4. The summed E-state index contributed by atoms with van der Waals surface area (Å²) in [6.45, 7) is 5.33. The van der Waals surface area contributed by atoms with E-state index in [0.717, 1.165) is 16.9 Å². The van der Waals surface area contributed by atoms with E-state index in [1.165, 1.54) is 0 Å². The number of hydrogen-bond acceptors (Lipinski definition) is 5. The first-order valence-electron chi connectivity index (χ1n) is 8.75. The fourth-order valence-electron chi connectivity index (χ4n) is 3.07. The molecule has 1 saturated heterocycles. The molecule has 0 aliphatic carbocycles. The molecule has 0 radical (unpaired) electrons. The summed E-state index contributed by atoms with van der Waals surface area (Å²) in [5.74, 6) is -0.275. The van der Waals surface area contributed by atoms with Gasteiger partial charge in [0.15, 0.2) is 0 Å². The predicted octanol–water partition coefficient (Wildman–Crippen LogP) is 1.75. The van der Waals surface area contributed by atoms with E-state index >= 15 is 0 Å². The van der Waals surface area contributed by atoms with Gasteiger partial charge in [-0.3, -0.25) is 14.6 Å². The van der Waals surface area contributed by atoms with Crippen molar-refractivity contribution < 1.29 is 9.59 Å². The SMILES string of the molecule is Cc1cc(NCc2ccc(C(=O)N3CCNC(=O)C3)cc2)c(C#N)c(C)n1. The van der Waals surface area contributed by atoms with Gasteiger partial charge in [0.1, 0.15) is 6.07 Å². The van der Waals surface area contributed by atoms with Crippen LogP contribution in [-0.2, 0) is 11.3 Å². The van der Waals surface area contributed by atoms with Gasteiger partial charge in [-0.25, -0.2) is 0 Å². The smallest absolute Gasteiger partial charge is 0.254 e. The number of carbonyl (C=O) groups excluding carboxylic acids is 2. The highest BCUT2D eigenvalue weighted by atomic mass is 16.2. The first kappa shape index (κ1) is 18.4. The van der Waals surface area contributed by atoms with Crippen LogP contribution in [0, 0.1) is 25.2 Å². The number of amides is 2. The topological polar surface area (TPSA) is 98.1 Å². The summed E-state index contributed by atoms with van der Waals surface area (Å²) in [5.41, 5.74) is 4.38. The Kier molecular flexibility index (Phi) is 5.36. The maximum Gasteiger partial charge on any atom is 0.254 e. The van der Waals surface area contributed by atoms with Crippen molar-refractivity contribution in [2.45, 2.75) is 20.4 Å². The van der Waals surface area contributed by atoms with Crippen LogP contribution in [0.25, 0.3) is 0 Å². The van der Waals surface area contributed by atoms with Gasteiger partial charge in [0, 0.05) is 30.9 Å². The zero-order chi connectivity index (χ0) is 19.4. The quantitative estimate of drug-likeness (QED) is 0.862. The van der Waals surface area contributed by atoms with E-state index in [2.05, 4.69) is 21.7 Å². The van der Waals surface area contributed by atoms with Crippen LogP contribution in [-0.4, -0.2) is 41.3 Å². The second-order valence-electron chi connectivity index (χ2n) is 6.51. The van der Waals surface area contributed by atoms with Crippen molar-refractivity contribution in [1.82, 2.24) is 15.2 Å². The predicted molar refractivity (Wildman–Crippen MR) is 101 cm³/mol. The lowest BCUT2D eigenvalue weighted by Crippen LogP contribution is -2.49. The Morgan fingerprint density at radius 1 is 1.33 bits per heavy atom. The highest BCUT2D eigenvalue weighted by Gasteiger charge is 2.22. The van der Waals surface area contributed by atoms with Crippen molar-refractivity contribution in [1.29, 1.82) is 5.26 Å². The van der Waals surface area contributed by atoms with Gasteiger partial charge in [-0.2, -0.15) is 5.26 Å². The van der Waals surface area contributed by atoms with Crippen molar-refractivity contribution in [3.63, 3.8) is 0 Å². The first-order chi connectivity index (χ1) is 13.0. The van der Waals surface area contributed by atoms with Crippen molar-refractivity contribution in [2.24, 2.45) is 0 Å². The van der Waals surface area contributed by atoms with Crippen molar-refractivity contribution >= 4 is 17.5 Å². The Bertz CT molecular complexity index is 915. The molecule has 0 unspecified atom stereocenters. The number of nitrogens with zero attached hydrogens (tertiary/aromatic N) is 3. The lowest BCUT2D eigenvalue weighted by molar-refractivity contribution is -0.123. The number of aryl methyl sites for hydroxylation is 2. The Morgan fingerprint density at radius 3 is 2.74 bits per heavy atom. The number of piperazine rings is 1. The molecule has 0 bridgehead atoms. The second-order valence-corrected chi connectivity index (χ2v) is 6.51. The van der Waals surface area contributed by atoms with Gasteiger partial charge in [0.05, 0.1) is 23.5 Å². The molecule has 2 N–H and O–H groups in total. The van der Waals surface area contributed by atoms with E-state index < -0.39 is 0 Å². The minimum Gasteiger partial charge on any atom is -0.380 e. The number of anilines is 1. The van der Waals surface area contributed by atoms with Crippen molar-refractivity contribution in [3.8, 4) is 6.07 Å². The molecule has 1 aromatic carbocycles. The third-order valence-corrected chi connectivity index (χ3v) is 4.45. The van der Waals surface area contributed by atoms with Gasteiger partial charge in [-0.05, 0) is 37.6 Å². The van der Waals surface area contributed by atoms with E-state index in [1.807, 2.05) is 32.0 Å². The number of benzene rings is 1. The summed E-state index contributed by atoms with van der Waals surface area (Å²) in [5, 5.41) is 15.3. The van der Waals surface area contributed by atoms with Gasteiger partial charge >= 0.3 is 0 Å². The third kappa shape index (κ3) is 4.23. The van der Waals surface area contributed by atoms with Gasteiger partial charge in [0.25, 0.3) is 5.91 Å². The Hall–Kier alpha value is -3.40. The number of nitriles is 1. The number of pyridine rings is 1. The Labute approximate surface area is 158 Å². The Morgan fingerprint density at radius 2 is 2.07 bits per heavy atom. The fraction of sp³-hybridized carbons (Fsp3) is 0.300. The monoisotopic (exact) mass is 363 g/mol. The lowest BCUT2D eigenvalue weighted by Gasteiger charge is -2.26. The summed E-state index contributed by atoms with van der Waals surface area (Å²) in [7, 11) is 0. The van der Waals surface area contributed by atoms with E-state index in [0.29, 0.717) is 36.5 Å². The third-order valence-electron chi connectivity index (χ3n) is 4.45. The summed E-state index contributed by atoms with van der Waals surface area (Å²) >= 11 is 0. The average molecular weight is 363 g/mol. The van der Waals surface area contributed by atoms with Crippen LogP contribution in [0.3, 0.4) is 0 Å². The molecule has 7 nitrogen and oxygen atoms in total. The molecule has 2 aromatic rings. The van der Waals surface area contributed by atoms with Crippen LogP contribution >= 0.6 is 0 Å². The molecule has 0 atom stereocenters. The van der Waals surface area contributed by atoms with Gasteiger partial charge in [-0.1, -0.05) is 12.1 Å². The van der Waals surface area contributed by atoms with Crippen LogP contribution in [0.4, 0.5) is 5.69 Å². The number of rotatable bonds is 4. The second kappa shape index (κ2) is 7.87. The van der Waals surface area contributed by atoms with Crippen molar-refractivity contribution in [2.75, 3.05) is 25.0 Å². The first-order valence-corrected chi connectivity index (χ1v) is 8.75. The van der Waals surface area contributed by atoms with Crippen LogP contribution in [0.15, 0.2) is 30.3 Å². The number of hydrogen-bond donors (Lipinski definition) is 2. The minimum absolute atomic E-state index is 0.0970. The summed E-state index contributed by atoms with van der Waals surface area (Å²) in [6.07, 6.45) is 0. The molecular formula is C20H21N5O2. The molecule has 0 spiro atoms. The van der Waals surface area contributed by atoms with E-state index in [9.17, 15) is 14.9 Å². The molecular weight excluding hydrogens is 342 g/mol.